The van der Waals surface area contributed by atoms with Gasteiger partial charge in [0.2, 0.25) is 0 Å². The zero-order chi connectivity index (χ0) is 13.8. The Balaban J connectivity index is 2.23. The first-order chi connectivity index (χ1) is 9.11. The zero-order valence-electron chi connectivity index (χ0n) is 10.5. The van der Waals surface area contributed by atoms with Gasteiger partial charge in [-0.25, -0.2) is 0 Å². The van der Waals surface area contributed by atoms with E-state index in [2.05, 4.69) is 0 Å². The van der Waals surface area contributed by atoms with Gasteiger partial charge in [-0.2, -0.15) is 0 Å². The maximum absolute atomic E-state index is 12.2. The molecule has 0 spiro atoms. The Labute approximate surface area is 117 Å². The number of carbonyl (C=O) groups excluding carboxylic acids is 1. The molecule has 0 aliphatic rings. The van der Waals surface area contributed by atoms with Crippen molar-refractivity contribution >= 4 is 23.1 Å². The largest absolute Gasteiger partial charge is 0.495 e. The summed E-state index contributed by atoms with van der Waals surface area (Å²) in [6, 6.07) is 12.4. The van der Waals surface area contributed by atoms with Gasteiger partial charge < -0.3 is 10.5 Å². The Kier molecular flexibility index (Phi) is 4.07. The van der Waals surface area contributed by atoms with Gasteiger partial charge in [0, 0.05) is 17.0 Å². The van der Waals surface area contributed by atoms with Crippen LogP contribution in [0.1, 0.15) is 15.9 Å². The van der Waals surface area contributed by atoms with Gasteiger partial charge in [0.1, 0.15) is 5.75 Å². The highest BCUT2D eigenvalue weighted by atomic mass is 35.5. The Hall–Kier alpha value is -2.00. The first kappa shape index (κ1) is 13.4. The molecule has 19 heavy (non-hydrogen) atoms. The summed E-state index contributed by atoms with van der Waals surface area (Å²) in [6.07, 6.45) is 0.286. The van der Waals surface area contributed by atoms with Gasteiger partial charge >= 0.3 is 0 Å². The molecule has 0 unspecified atom stereocenters. The van der Waals surface area contributed by atoms with Crippen molar-refractivity contribution in [2.75, 3.05) is 12.8 Å². The predicted octanol–water partition coefficient (Wildman–Crippen LogP) is 3.36. The summed E-state index contributed by atoms with van der Waals surface area (Å²) in [5.74, 6) is 0.473. The van der Waals surface area contributed by atoms with E-state index < -0.39 is 0 Å². The Bertz CT molecular complexity index is 594. The number of rotatable bonds is 4. The van der Waals surface area contributed by atoms with E-state index in [1.807, 2.05) is 12.1 Å². The number of halogens is 1. The van der Waals surface area contributed by atoms with E-state index in [0.717, 1.165) is 5.56 Å². The van der Waals surface area contributed by atoms with Crippen LogP contribution in [-0.2, 0) is 6.42 Å². The number of ether oxygens (including phenoxy) is 1. The van der Waals surface area contributed by atoms with Crippen molar-refractivity contribution in [1.82, 2.24) is 0 Å². The summed E-state index contributed by atoms with van der Waals surface area (Å²) in [4.78, 5) is 12.2. The number of carbonyl (C=O) groups is 1. The number of nitrogens with two attached hydrogens (primary N) is 1. The van der Waals surface area contributed by atoms with Crippen LogP contribution in [-0.4, -0.2) is 12.9 Å². The molecule has 0 aromatic heterocycles. The number of Topliss-reactive ketones (excluding diaryl/α,β-unsaturated/α-hetero) is 1. The molecule has 0 bridgehead atoms. The van der Waals surface area contributed by atoms with Crippen LogP contribution in [0.4, 0.5) is 5.69 Å². The molecule has 0 heterocycles. The Morgan fingerprint density at radius 3 is 2.53 bits per heavy atom. The number of para-hydroxylation sites is 1. The topological polar surface area (TPSA) is 52.3 Å². The van der Waals surface area contributed by atoms with E-state index in [0.29, 0.717) is 22.0 Å². The third-order valence-corrected chi connectivity index (χ3v) is 3.12. The quantitative estimate of drug-likeness (QED) is 0.688. The van der Waals surface area contributed by atoms with Crippen molar-refractivity contribution < 1.29 is 9.53 Å². The second-order valence-corrected chi connectivity index (χ2v) is 4.58. The molecular weight excluding hydrogens is 262 g/mol. The summed E-state index contributed by atoms with van der Waals surface area (Å²) in [5, 5.41) is 0.650. The summed E-state index contributed by atoms with van der Waals surface area (Å²) in [7, 11) is 1.53. The minimum absolute atomic E-state index is 0.0428. The molecular formula is C15H14ClNO2. The monoisotopic (exact) mass is 275 g/mol. The average Bonchev–Trinajstić information content (AvgIpc) is 2.41. The van der Waals surface area contributed by atoms with Crippen molar-refractivity contribution in [2.45, 2.75) is 6.42 Å². The molecule has 0 radical (unpaired) electrons. The lowest BCUT2D eigenvalue weighted by Crippen LogP contribution is -2.08. The second-order valence-electron chi connectivity index (χ2n) is 4.15. The highest BCUT2D eigenvalue weighted by molar-refractivity contribution is 6.30. The van der Waals surface area contributed by atoms with E-state index >= 15 is 0 Å². The summed E-state index contributed by atoms with van der Waals surface area (Å²) < 4.78 is 5.11. The fourth-order valence-corrected chi connectivity index (χ4v) is 1.97. The van der Waals surface area contributed by atoms with Gasteiger partial charge in [-0.1, -0.05) is 29.8 Å². The number of benzene rings is 2. The fourth-order valence-electron chi connectivity index (χ4n) is 1.85. The standard InChI is InChI=1S/C15H14ClNO2/c1-19-14-4-2-3-12(15(14)17)13(18)9-10-5-7-11(16)8-6-10/h2-8H,9,17H2,1H3. The van der Waals surface area contributed by atoms with Gasteiger partial charge in [-0.3, -0.25) is 4.79 Å². The van der Waals surface area contributed by atoms with Crippen LogP contribution in [0.15, 0.2) is 42.5 Å². The van der Waals surface area contributed by atoms with Crippen LogP contribution in [0.5, 0.6) is 5.75 Å². The Morgan fingerprint density at radius 1 is 1.21 bits per heavy atom. The molecule has 0 saturated heterocycles. The molecule has 0 fully saturated rings. The summed E-state index contributed by atoms with van der Waals surface area (Å²) >= 11 is 5.81. The van der Waals surface area contributed by atoms with Crippen molar-refractivity contribution in [3.63, 3.8) is 0 Å². The summed E-state index contributed by atoms with van der Waals surface area (Å²) in [6.45, 7) is 0. The van der Waals surface area contributed by atoms with Crippen LogP contribution < -0.4 is 10.5 Å². The first-order valence-electron chi connectivity index (χ1n) is 5.82. The molecule has 2 rings (SSSR count). The molecule has 0 amide bonds. The van der Waals surface area contributed by atoms with E-state index in [4.69, 9.17) is 22.1 Å². The minimum atomic E-state index is -0.0428. The molecule has 0 aliphatic heterocycles. The maximum atomic E-state index is 12.2. The van der Waals surface area contributed by atoms with Gasteiger partial charge in [-0.05, 0) is 29.8 Å². The lowest BCUT2D eigenvalue weighted by atomic mass is 10.0. The van der Waals surface area contributed by atoms with E-state index in [1.165, 1.54) is 7.11 Å². The highest BCUT2D eigenvalue weighted by Crippen LogP contribution is 2.26. The van der Waals surface area contributed by atoms with Crippen molar-refractivity contribution in [3.05, 3.63) is 58.6 Å². The van der Waals surface area contributed by atoms with Crippen molar-refractivity contribution in [3.8, 4) is 5.75 Å². The number of anilines is 1. The molecule has 3 nitrogen and oxygen atoms in total. The third-order valence-electron chi connectivity index (χ3n) is 2.86. The SMILES string of the molecule is COc1cccc(C(=O)Cc2ccc(Cl)cc2)c1N. The lowest BCUT2D eigenvalue weighted by Gasteiger charge is -2.09. The first-order valence-corrected chi connectivity index (χ1v) is 6.19. The normalized spacial score (nSPS) is 10.2. The van der Waals surface area contributed by atoms with E-state index in [9.17, 15) is 4.79 Å². The smallest absolute Gasteiger partial charge is 0.169 e. The van der Waals surface area contributed by atoms with E-state index in [1.54, 1.807) is 30.3 Å². The highest BCUT2D eigenvalue weighted by Gasteiger charge is 2.13. The average molecular weight is 276 g/mol. The van der Waals surface area contributed by atoms with Gasteiger partial charge in [0.15, 0.2) is 5.78 Å². The van der Waals surface area contributed by atoms with Crippen LogP contribution in [0.25, 0.3) is 0 Å². The molecule has 2 N–H and O–H groups in total. The zero-order valence-corrected chi connectivity index (χ0v) is 11.3. The Morgan fingerprint density at radius 2 is 1.89 bits per heavy atom. The molecule has 0 aliphatic carbocycles. The van der Waals surface area contributed by atoms with E-state index in [-0.39, 0.29) is 12.2 Å². The number of nitrogen functional groups attached to an aromatic ring is 1. The molecule has 4 heteroatoms. The maximum Gasteiger partial charge on any atom is 0.169 e. The van der Waals surface area contributed by atoms with Crippen LogP contribution in [0.3, 0.4) is 0 Å². The molecule has 0 atom stereocenters. The van der Waals surface area contributed by atoms with Crippen LogP contribution >= 0.6 is 11.6 Å². The molecule has 2 aromatic carbocycles. The second kappa shape index (κ2) is 5.76. The van der Waals surface area contributed by atoms with Crippen LogP contribution in [0.2, 0.25) is 5.02 Å². The van der Waals surface area contributed by atoms with Crippen molar-refractivity contribution in [1.29, 1.82) is 0 Å². The number of methoxy groups -OCH3 is 1. The fraction of sp³-hybridized carbons (Fsp3) is 0.133. The van der Waals surface area contributed by atoms with Gasteiger partial charge in [0.25, 0.3) is 0 Å². The van der Waals surface area contributed by atoms with Crippen LogP contribution in [0, 0.1) is 0 Å². The summed E-state index contributed by atoms with van der Waals surface area (Å²) in [5.41, 5.74) is 7.66. The molecule has 98 valence electrons. The number of hydrogen-bond donors (Lipinski definition) is 1. The third kappa shape index (κ3) is 3.06. The lowest BCUT2D eigenvalue weighted by molar-refractivity contribution is 0.0993. The van der Waals surface area contributed by atoms with Gasteiger partial charge in [-0.15, -0.1) is 0 Å². The molecule has 0 saturated carbocycles. The predicted molar refractivity (Wildman–Crippen MR) is 76.9 cm³/mol. The minimum Gasteiger partial charge on any atom is -0.495 e. The van der Waals surface area contributed by atoms with Gasteiger partial charge in [0.05, 0.1) is 12.8 Å². The number of ketones is 1. The molecule has 2 aromatic rings. The number of hydrogen-bond acceptors (Lipinski definition) is 3. The van der Waals surface area contributed by atoms with Crippen molar-refractivity contribution in [2.24, 2.45) is 0 Å².